The predicted octanol–water partition coefficient (Wildman–Crippen LogP) is 3.39. The van der Waals surface area contributed by atoms with Crippen LogP contribution in [0.15, 0.2) is 47.7 Å². The molecule has 2 aromatic heterocycles. The van der Waals surface area contributed by atoms with Crippen molar-refractivity contribution in [3.05, 3.63) is 64.9 Å². The highest BCUT2D eigenvalue weighted by Gasteiger charge is 2.41. The fourth-order valence-electron chi connectivity index (χ4n) is 3.85. The first kappa shape index (κ1) is 19.2. The number of hydrogen-bond donors (Lipinski definition) is 2. The summed E-state index contributed by atoms with van der Waals surface area (Å²) in [5, 5.41) is 14.7. The Morgan fingerprint density at radius 1 is 1.31 bits per heavy atom. The van der Waals surface area contributed by atoms with Crippen molar-refractivity contribution in [1.82, 2.24) is 20.5 Å². The van der Waals surface area contributed by atoms with E-state index in [1.165, 1.54) is 6.07 Å². The van der Waals surface area contributed by atoms with E-state index in [0.717, 1.165) is 41.7 Å². The maximum atomic E-state index is 14.2. The second-order valence-electron chi connectivity index (χ2n) is 7.79. The molecule has 1 amide bonds. The van der Waals surface area contributed by atoms with Gasteiger partial charge in [-0.3, -0.25) is 9.78 Å². The molecule has 29 heavy (non-hydrogen) atoms. The fraction of sp³-hybridized carbons (Fsp3) is 0.364. The lowest BCUT2D eigenvalue weighted by atomic mass is 9.66. The minimum atomic E-state index is -0.284. The molecule has 0 aromatic carbocycles. The van der Waals surface area contributed by atoms with Crippen LogP contribution in [0.25, 0.3) is 5.57 Å². The Hall–Kier alpha value is -3.09. The number of carbonyl (C=O) groups excluding carboxylic acids is 1. The van der Waals surface area contributed by atoms with Gasteiger partial charge in [0.1, 0.15) is 11.6 Å². The standard InChI is InChI=1S/C22H24FN5O/c1-14(11-16-12-25-21(29)15(16)2)18-6-7-19(28-27-18)26-13-22(8-4-9-22)20-17(23)5-3-10-24-20/h3,5-7,10-11H,4,8-9,12-13H2,1-2H3,(H,25,29)(H,26,28)/b14-11+. The number of nitrogens with one attached hydrogen (secondary N) is 2. The van der Waals surface area contributed by atoms with Gasteiger partial charge >= 0.3 is 0 Å². The lowest BCUT2D eigenvalue weighted by molar-refractivity contribution is -0.116. The number of halogens is 1. The summed E-state index contributed by atoms with van der Waals surface area (Å²) in [5.41, 5.74) is 3.66. The molecule has 150 valence electrons. The molecule has 0 radical (unpaired) electrons. The van der Waals surface area contributed by atoms with Crippen molar-refractivity contribution in [3.63, 3.8) is 0 Å². The first-order chi connectivity index (χ1) is 14.0. The van der Waals surface area contributed by atoms with Crippen LogP contribution >= 0.6 is 0 Å². The molecule has 1 saturated carbocycles. The summed E-state index contributed by atoms with van der Waals surface area (Å²) in [5.74, 6) is 0.377. The largest absolute Gasteiger partial charge is 0.368 e. The zero-order chi connectivity index (χ0) is 20.4. The third kappa shape index (κ3) is 3.77. The second-order valence-corrected chi connectivity index (χ2v) is 7.79. The summed E-state index contributed by atoms with van der Waals surface area (Å²) in [6.07, 6.45) is 6.49. The molecule has 7 heteroatoms. The molecular weight excluding hydrogens is 369 g/mol. The highest BCUT2D eigenvalue weighted by Crippen LogP contribution is 2.43. The summed E-state index contributed by atoms with van der Waals surface area (Å²) in [4.78, 5) is 15.9. The van der Waals surface area contributed by atoms with Crippen molar-refractivity contribution in [1.29, 1.82) is 0 Å². The maximum absolute atomic E-state index is 14.2. The Bertz CT molecular complexity index is 993. The van der Waals surface area contributed by atoms with Crippen molar-refractivity contribution >= 4 is 17.3 Å². The van der Waals surface area contributed by atoms with Crippen LogP contribution in [0.5, 0.6) is 0 Å². The van der Waals surface area contributed by atoms with Gasteiger partial charge in [0.15, 0.2) is 0 Å². The van der Waals surface area contributed by atoms with Gasteiger partial charge in [0, 0.05) is 30.3 Å². The minimum absolute atomic E-state index is 0.0241. The van der Waals surface area contributed by atoms with E-state index in [-0.39, 0.29) is 17.1 Å². The van der Waals surface area contributed by atoms with Crippen molar-refractivity contribution in [3.8, 4) is 0 Å². The molecule has 2 aliphatic rings. The highest BCUT2D eigenvalue weighted by molar-refractivity contribution is 5.97. The Labute approximate surface area is 169 Å². The first-order valence-electron chi connectivity index (χ1n) is 9.84. The van der Waals surface area contributed by atoms with Gasteiger partial charge < -0.3 is 10.6 Å². The van der Waals surface area contributed by atoms with Crippen molar-refractivity contribution in [2.75, 3.05) is 18.4 Å². The van der Waals surface area contributed by atoms with Crippen LogP contribution in [0.1, 0.15) is 44.5 Å². The molecule has 1 aliphatic carbocycles. The van der Waals surface area contributed by atoms with E-state index in [0.29, 0.717) is 24.6 Å². The van der Waals surface area contributed by atoms with Gasteiger partial charge in [-0.05, 0) is 62.1 Å². The smallest absolute Gasteiger partial charge is 0.247 e. The van der Waals surface area contributed by atoms with E-state index in [4.69, 9.17) is 0 Å². The quantitative estimate of drug-likeness (QED) is 0.786. The molecule has 2 N–H and O–H groups in total. The average Bonchev–Trinajstić information content (AvgIpc) is 3.01. The maximum Gasteiger partial charge on any atom is 0.247 e. The van der Waals surface area contributed by atoms with Crippen LogP contribution in [0.4, 0.5) is 10.2 Å². The number of aromatic nitrogens is 3. The minimum Gasteiger partial charge on any atom is -0.368 e. The molecule has 0 atom stereocenters. The number of hydrogen-bond acceptors (Lipinski definition) is 5. The lowest BCUT2D eigenvalue weighted by Crippen LogP contribution is -2.42. The summed E-state index contributed by atoms with van der Waals surface area (Å²) in [6.45, 7) is 4.89. The second kappa shape index (κ2) is 7.73. The third-order valence-corrected chi connectivity index (χ3v) is 5.90. The number of carbonyl (C=O) groups is 1. The molecule has 4 rings (SSSR count). The zero-order valence-corrected chi connectivity index (χ0v) is 16.6. The molecule has 0 unspecified atom stereocenters. The first-order valence-corrected chi connectivity index (χ1v) is 9.84. The van der Waals surface area contributed by atoms with Crippen molar-refractivity contribution in [2.24, 2.45) is 0 Å². The summed E-state index contributed by atoms with van der Waals surface area (Å²) in [7, 11) is 0. The van der Waals surface area contributed by atoms with Crippen LogP contribution in [0.2, 0.25) is 0 Å². The van der Waals surface area contributed by atoms with E-state index < -0.39 is 0 Å². The Morgan fingerprint density at radius 3 is 2.72 bits per heavy atom. The summed E-state index contributed by atoms with van der Waals surface area (Å²) < 4.78 is 14.2. The normalized spacial score (nSPS) is 18.4. The average molecular weight is 393 g/mol. The van der Waals surface area contributed by atoms with Gasteiger partial charge in [-0.25, -0.2) is 4.39 Å². The number of pyridine rings is 1. The van der Waals surface area contributed by atoms with Crippen LogP contribution in [0.3, 0.4) is 0 Å². The van der Waals surface area contributed by atoms with Crippen molar-refractivity contribution in [2.45, 2.75) is 38.5 Å². The van der Waals surface area contributed by atoms with Gasteiger partial charge in [-0.15, -0.1) is 10.2 Å². The number of rotatable bonds is 6. The molecule has 1 fully saturated rings. The summed E-state index contributed by atoms with van der Waals surface area (Å²) >= 11 is 0. The number of amides is 1. The lowest BCUT2D eigenvalue weighted by Gasteiger charge is -2.41. The molecule has 3 heterocycles. The number of anilines is 1. The fourth-order valence-corrected chi connectivity index (χ4v) is 3.85. The van der Waals surface area contributed by atoms with Crippen molar-refractivity contribution < 1.29 is 9.18 Å². The van der Waals surface area contributed by atoms with Crippen LogP contribution in [0, 0.1) is 5.82 Å². The molecule has 6 nitrogen and oxygen atoms in total. The molecule has 0 saturated heterocycles. The Kier molecular flexibility index (Phi) is 5.13. The molecule has 0 spiro atoms. The molecule has 1 aliphatic heterocycles. The van der Waals surface area contributed by atoms with E-state index in [1.807, 2.05) is 32.1 Å². The third-order valence-electron chi connectivity index (χ3n) is 5.90. The van der Waals surface area contributed by atoms with Gasteiger partial charge in [-0.2, -0.15) is 0 Å². The molecule has 0 bridgehead atoms. The zero-order valence-electron chi connectivity index (χ0n) is 16.6. The predicted molar refractivity (Wildman–Crippen MR) is 110 cm³/mol. The number of nitrogens with zero attached hydrogens (tertiary/aromatic N) is 3. The van der Waals surface area contributed by atoms with Gasteiger partial charge in [-0.1, -0.05) is 12.5 Å². The van der Waals surface area contributed by atoms with Crippen LogP contribution < -0.4 is 10.6 Å². The van der Waals surface area contributed by atoms with Crippen LogP contribution in [-0.2, 0) is 10.2 Å². The van der Waals surface area contributed by atoms with E-state index in [1.54, 1.807) is 12.3 Å². The van der Waals surface area contributed by atoms with Gasteiger partial charge in [0.2, 0.25) is 5.91 Å². The molecular formula is C22H24FN5O. The van der Waals surface area contributed by atoms with E-state index in [2.05, 4.69) is 25.8 Å². The topological polar surface area (TPSA) is 79.8 Å². The van der Waals surface area contributed by atoms with Gasteiger partial charge in [0.05, 0.1) is 11.4 Å². The van der Waals surface area contributed by atoms with Crippen LogP contribution in [-0.4, -0.2) is 34.2 Å². The molecule has 2 aromatic rings. The SMILES string of the molecule is CC1=C(/C=C(\C)c2ccc(NCC3(c4ncccc4F)CCC3)nn2)CNC1=O. The Morgan fingerprint density at radius 2 is 2.14 bits per heavy atom. The highest BCUT2D eigenvalue weighted by atomic mass is 19.1. The summed E-state index contributed by atoms with van der Waals surface area (Å²) in [6, 6.07) is 6.86. The van der Waals surface area contributed by atoms with E-state index in [9.17, 15) is 9.18 Å². The monoisotopic (exact) mass is 393 g/mol. The van der Waals surface area contributed by atoms with Gasteiger partial charge in [0.25, 0.3) is 0 Å². The Balaban J connectivity index is 1.45. The number of allylic oxidation sites excluding steroid dienone is 1. The van der Waals surface area contributed by atoms with E-state index >= 15 is 0 Å².